The number of aliphatic hydroxyl groups is 1. The van der Waals surface area contributed by atoms with Gasteiger partial charge in [0.15, 0.2) is 5.82 Å². The van der Waals surface area contributed by atoms with Crippen LogP contribution in [0, 0.1) is 0 Å². The van der Waals surface area contributed by atoms with Crippen molar-refractivity contribution in [2.75, 3.05) is 24.0 Å². The minimum Gasteiger partial charge on any atom is -0.389 e. The Kier molecular flexibility index (Phi) is 6.33. The number of aromatic nitrogens is 4. The van der Waals surface area contributed by atoms with Gasteiger partial charge in [-0.15, -0.1) is 0 Å². The highest BCUT2D eigenvalue weighted by Crippen LogP contribution is 2.31. The van der Waals surface area contributed by atoms with Crippen LogP contribution < -0.4 is 15.9 Å². The minimum atomic E-state index is -0.865. The normalized spacial score (nSPS) is 11.8. The molecule has 2 aromatic carbocycles. The highest BCUT2D eigenvalue weighted by molar-refractivity contribution is 7.64. The number of nitrogens with zero attached hydrogens (tertiary/aromatic N) is 4. The van der Waals surface area contributed by atoms with E-state index in [-0.39, 0.29) is 7.92 Å². The summed E-state index contributed by atoms with van der Waals surface area (Å²) in [6.45, 7) is 8.34. The van der Waals surface area contributed by atoms with Crippen molar-refractivity contribution in [1.29, 1.82) is 0 Å². The first kappa shape index (κ1) is 22.5. The molecule has 2 heterocycles. The lowest BCUT2D eigenvalue weighted by Gasteiger charge is -2.17. The van der Waals surface area contributed by atoms with Crippen LogP contribution >= 0.6 is 19.5 Å². The Morgan fingerprint density at radius 2 is 1.88 bits per heavy atom. The molecule has 0 amide bonds. The molecule has 0 unspecified atom stereocenters. The standard InChI is InChI=1S/C23H26ClN6OP/c1-23(2,31)14-30-19-11-16(10-9-15(19)12-26-30)27-22-25-13-17(24)21(29-22)28-18-7-5-6-8-20(18)32(3)4/h5-13,31H,14H2,1-4H3,(H2,25,27,28,29). The zero-order chi connectivity index (χ0) is 22.9. The number of hydrogen-bond acceptors (Lipinski definition) is 6. The lowest BCUT2D eigenvalue weighted by atomic mass is 10.1. The molecule has 3 N–H and O–H groups in total. The Morgan fingerprint density at radius 1 is 1.09 bits per heavy atom. The van der Waals surface area contributed by atoms with Gasteiger partial charge < -0.3 is 15.7 Å². The average molecular weight is 469 g/mol. The third-order valence-electron chi connectivity index (χ3n) is 4.82. The Labute approximate surface area is 193 Å². The number of rotatable bonds is 7. The van der Waals surface area contributed by atoms with Gasteiger partial charge in [0.2, 0.25) is 5.95 Å². The van der Waals surface area contributed by atoms with Crippen LogP contribution in [0.2, 0.25) is 5.02 Å². The molecular weight excluding hydrogens is 443 g/mol. The van der Waals surface area contributed by atoms with Crippen LogP contribution in [0.25, 0.3) is 10.9 Å². The van der Waals surface area contributed by atoms with Gasteiger partial charge in [0, 0.05) is 16.8 Å². The third kappa shape index (κ3) is 5.18. The second-order valence-electron chi connectivity index (χ2n) is 8.44. The predicted octanol–water partition coefficient (Wildman–Crippen LogP) is 5.10. The van der Waals surface area contributed by atoms with Crippen molar-refractivity contribution >= 4 is 58.9 Å². The Balaban J connectivity index is 1.61. The fourth-order valence-corrected chi connectivity index (χ4v) is 4.52. The molecule has 0 saturated heterocycles. The maximum Gasteiger partial charge on any atom is 0.229 e. The van der Waals surface area contributed by atoms with Crippen molar-refractivity contribution in [3.05, 3.63) is 59.9 Å². The van der Waals surface area contributed by atoms with Gasteiger partial charge in [-0.3, -0.25) is 4.68 Å². The predicted molar refractivity (Wildman–Crippen MR) is 134 cm³/mol. The Bertz CT molecular complexity index is 1250. The molecule has 0 fully saturated rings. The second-order valence-corrected chi connectivity index (χ2v) is 11.1. The monoisotopic (exact) mass is 468 g/mol. The van der Waals surface area contributed by atoms with Crippen LogP contribution in [-0.2, 0) is 6.54 Å². The zero-order valence-corrected chi connectivity index (χ0v) is 20.1. The molecule has 0 spiro atoms. The van der Waals surface area contributed by atoms with E-state index in [0.29, 0.717) is 23.3 Å². The molecular formula is C23H26ClN6OP. The van der Waals surface area contributed by atoms with Crippen LogP contribution in [0.1, 0.15) is 13.8 Å². The summed E-state index contributed by atoms with van der Waals surface area (Å²) in [5, 5.41) is 23.9. The van der Waals surface area contributed by atoms with Gasteiger partial charge in [0.25, 0.3) is 0 Å². The number of fused-ring (bicyclic) bond motifs is 1. The van der Waals surface area contributed by atoms with E-state index in [1.165, 1.54) is 5.30 Å². The zero-order valence-electron chi connectivity index (χ0n) is 18.5. The number of anilines is 4. The van der Waals surface area contributed by atoms with Crippen LogP contribution in [0.3, 0.4) is 0 Å². The largest absolute Gasteiger partial charge is 0.389 e. The molecule has 0 radical (unpaired) electrons. The van der Waals surface area contributed by atoms with Crippen molar-refractivity contribution in [2.24, 2.45) is 0 Å². The van der Waals surface area contributed by atoms with Crippen molar-refractivity contribution in [2.45, 2.75) is 26.0 Å². The lowest BCUT2D eigenvalue weighted by Crippen LogP contribution is -2.26. The summed E-state index contributed by atoms with van der Waals surface area (Å²) >= 11 is 6.38. The van der Waals surface area contributed by atoms with Crippen LogP contribution in [0.5, 0.6) is 0 Å². The second kappa shape index (κ2) is 9.02. The lowest BCUT2D eigenvalue weighted by molar-refractivity contribution is 0.0591. The summed E-state index contributed by atoms with van der Waals surface area (Å²) in [5.74, 6) is 0.971. The van der Waals surface area contributed by atoms with Crippen LogP contribution in [-0.4, -0.2) is 43.8 Å². The summed E-state index contributed by atoms with van der Waals surface area (Å²) in [7, 11) is -0.286. The fraction of sp³-hybridized carbons (Fsp3) is 0.261. The molecule has 0 aliphatic heterocycles. The van der Waals surface area contributed by atoms with Gasteiger partial charge in [0.1, 0.15) is 5.02 Å². The quantitative estimate of drug-likeness (QED) is 0.327. The van der Waals surface area contributed by atoms with E-state index in [4.69, 9.17) is 11.6 Å². The fourth-order valence-electron chi connectivity index (χ4n) is 3.38. The molecule has 0 bridgehead atoms. The highest BCUT2D eigenvalue weighted by atomic mass is 35.5. The first-order valence-corrected chi connectivity index (χ1v) is 12.8. The number of para-hydroxylation sites is 1. The van der Waals surface area contributed by atoms with Crippen molar-refractivity contribution < 1.29 is 5.11 Å². The maximum atomic E-state index is 10.2. The van der Waals surface area contributed by atoms with Gasteiger partial charge in [0.05, 0.1) is 30.1 Å². The first-order valence-electron chi connectivity index (χ1n) is 10.2. The first-order chi connectivity index (χ1) is 15.2. The van der Waals surface area contributed by atoms with Gasteiger partial charge in [-0.25, -0.2) is 4.98 Å². The molecule has 0 saturated carbocycles. The van der Waals surface area contributed by atoms with Crippen LogP contribution in [0.4, 0.5) is 23.1 Å². The van der Waals surface area contributed by atoms with Gasteiger partial charge in [-0.2, -0.15) is 10.1 Å². The third-order valence-corrected chi connectivity index (χ3v) is 6.45. The van der Waals surface area contributed by atoms with Crippen LogP contribution in [0.15, 0.2) is 54.9 Å². The summed E-state index contributed by atoms with van der Waals surface area (Å²) in [6.07, 6.45) is 3.37. The van der Waals surface area contributed by atoms with E-state index in [0.717, 1.165) is 22.3 Å². The van der Waals surface area contributed by atoms with Gasteiger partial charge in [-0.05, 0) is 56.7 Å². The topological polar surface area (TPSA) is 87.9 Å². The molecule has 7 nitrogen and oxygen atoms in total. The molecule has 0 aliphatic carbocycles. The summed E-state index contributed by atoms with van der Waals surface area (Å²) in [4.78, 5) is 8.92. The molecule has 32 heavy (non-hydrogen) atoms. The van der Waals surface area contributed by atoms with E-state index in [2.05, 4.69) is 45.1 Å². The van der Waals surface area contributed by atoms with Gasteiger partial charge >= 0.3 is 0 Å². The highest BCUT2D eigenvalue weighted by Gasteiger charge is 2.16. The molecule has 2 aromatic heterocycles. The smallest absolute Gasteiger partial charge is 0.229 e. The Hall–Kier alpha value is -2.73. The van der Waals surface area contributed by atoms with E-state index in [1.807, 2.05) is 36.4 Å². The number of nitrogens with one attached hydrogen (secondary N) is 2. The van der Waals surface area contributed by atoms with Gasteiger partial charge in [-0.1, -0.05) is 37.7 Å². The number of halogens is 1. The van der Waals surface area contributed by atoms with E-state index >= 15 is 0 Å². The van der Waals surface area contributed by atoms with Crippen molar-refractivity contribution in [3.8, 4) is 0 Å². The number of benzene rings is 2. The Morgan fingerprint density at radius 3 is 2.62 bits per heavy atom. The summed E-state index contributed by atoms with van der Waals surface area (Å²) < 4.78 is 1.79. The summed E-state index contributed by atoms with van der Waals surface area (Å²) in [6, 6.07) is 14.1. The van der Waals surface area contributed by atoms with E-state index < -0.39 is 5.60 Å². The molecule has 4 aromatic rings. The van der Waals surface area contributed by atoms with Crippen molar-refractivity contribution in [3.63, 3.8) is 0 Å². The summed E-state index contributed by atoms with van der Waals surface area (Å²) in [5.41, 5.74) is 1.86. The van der Waals surface area contributed by atoms with Crippen molar-refractivity contribution in [1.82, 2.24) is 19.7 Å². The maximum absolute atomic E-state index is 10.2. The molecule has 166 valence electrons. The average Bonchev–Trinajstić information content (AvgIpc) is 3.11. The minimum absolute atomic E-state index is 0.286. The molecule has 9 heteroatoms. The molecule has 0 atom stereocenters. The SMILES string of the molecule is CP(C)c1ccccc1Nc1nc(Nc2ccc3cnn(CC(C)(C)O)c3c2)ncc1Cl. The number of hydrogen-bond donors (Lipinski definition) is 3. The molecule has 0 aliphatic rings. The van der Waals surface area contributed by atoms with E-state index in [9.17, 15) is 5.11 Å². The molecule has 4 rings (SSSR count). The van der Waals surface area contributed by atoms with E-state index in [1.54, 1.807) is 30.9 Å².